The number of rotatable bonds is 6. The van der Waals surface area contributed by atoms with Gasteiger partial charge in [0.05, 0.1) is 11.4 Å². The molecule has 0 aliphatic rings. The summed E-state index contributed by atoms with van der Waals surface area (Å²) in [4.78, 5) is 2.44. The Labute approximate surface area is 101 Å². The van der Waals surface area contributed by atoms with Crippen molar-refractivity contribution in [3.63, 3.8) is 0 Å². The molecule has 0 saturated carbocycles. The maximum Gasteiger partial charge on any atom is 0.0597 e. The van der Waals surface area contributed by atoms with Gasteiger partial charge in [0.2, 0.25) is 0 Å². The van der Waals surface area contributed by atoms with Crippen molar-refractivity contribution < 1.29 is 0 Å². The van der Waals surface area contributed by atoms with Gasteiger partial charge in [0, 0.05) is 18.9 Å². The highest BCUT2D eigenvalue weighted by molar-refractivity contribution is 9.09. The molecule has 4 heteroatoms. The molecule has 0 N–H and O–H groups in total. The van der Waals surface area contributed by atoms with Crippen LogP contribution in [0.1, 0.15) is 24.7 Å². The molecule has 0 aliphatic carbocycles. The van der Waals surface area contributed by atoms with Crippen molar-refractivity contribution in [3.8, 4) is 0 Å². The molecule has 0 radical (unpaired) electrons. The first kappa shape index (κ1) is 12.7. The zero-order valence-electron chi connectivity index (χ0n) is 9.83. The zero-order chi connectivity index (χ0) is 11.3. The number of aryl methyl sites for hydroxylation is 2. The molecule has 0 saturated heterocycles. The lowest BCUT2D eigenvalue weighted by atomic mass is 10.3. The highest BCUT2D eigenvalue weighted by Gasteiger charge is 2.07. The lowest BCUT2D eigenvalue weighted by Gasteiger charge is -2.19. The third-order valence-corrected chi connectivity index (χ3v) is 3.10. The molecule has 1 rings (SSSR count). The third-order valence-electron chi connectivity index (χ3n) is 2.54. The van der Waals surface area contributed by atoms with E-state index < -0.39 is 0 Å². The van der Waals surface area contributed by atoms with Crippen LogP contribution in [0.4, 0.5) is 0 Å². The van der Waals surface area contributed by atoms with Crippen molar-refractivity contribution in [3.05, 3.63) is 17.5 Å². The van der Waals surface area contributed by atoms with E-state index >= 15 is 0 Å². The van der Waals surface area contributed by atoms with Gasteiger partial charge in [-0.3, -0.25) is 9.58 Å². The first-order valence-corrected chi connectivity index (χ1v) is 6.57. The van der Waals surface area contributed by atoms with Crippen molar-refractivity contribution in [2.24, 2.45) is 7.05 Å². The largest absolute Gasteiger partial charge is 0.298 e. The molecule has 0 amide bonds. The summed E-state index contributed by atoms with van der Waals surface area (Å²) in [7, 11) is 2.01. The summed E-state index contributed by atoms with van der Waals surface area (Å²) in [6.07, 6.45) is 1.20. The Morgan fingerprint density at radius 1 is 1.53 bits per heavy atom. The maximum atomic E-state index is 4.36. The standard InChI is InChI=1S/C11H20BrN3/c1-4-15(7-5-6-12)9-11-8-10(2)13-14(11)3/h8H,4-7,9H2,1-3H3. The molecular formula is C11H20BrN3. The van der Waals surface area contributed by atoms with Crippen molar-refractivity contribution in [1.29, 1.82) is 0 Å². The fraction of sp³-hybridized carbons (Fsp3) is 0.727. The molecule has 0 bridgehead atoms. The Balaban J connectivity index is 2.54. The molecule has 0 unspecified atom stereocenters. The van der Waals surface area contributed by atoms with E-state index in [1.54, 1.807) is 0 Å². The molecule has 0 aliphatic heterocycles. The predicted molar refractivity (Wildman–Crippen MR) is 67.3 cm³/mol. The number of hydrogen-bond donors (Lipinski definition) is 0. The molecule has 0 fully saturated rings. The van der Waals surface area contributed by atoms with Crippen LogP contribution in [0.3, 0.4) is 0 Å². The molecule has 0 aromatic carbocycles. The summed E-state index contributed by atoms with van der Waals surface area (Å²) in [5.74, 6) is 0. The van der Waals surface area contributed by atoms with Gasteiger partial charge in [-0.2, -0.15) is 5.10 Å². The molecule has 1 aromatic rings. The van der Waals surface area contributed by atoms with Gasteiger partial charge in [0.25, 0.3) is 0 Å². The molecule has 15 heavy (non-hydrogen) atoms. The number of halogens is 1. The van der Waals surface area contributed by atoms with E-state index in [2.05, 4.69) is 38.9 Å². The lowest BCUT2D eigenvalue weighted by Crippen LogP contribution is -2.25. The minimum Gasteiger partial charge on any atom is -0.298 e. The molecule has 1 heterocycles. The zero-order valence-corrected chi connectivity index (χ0v) is 11.4. The fourth-order valence-corrected chi connectivity index (χ4v) is 1.92. The average Bonchev–Trinajstić information content (AvgIpc) is 2.52. The van der Waals surface area contributed by atoms with Crippen molar-refractivity contribution in [2.45, 2.75) is 26.8 Å². The number of alkyl halides is 1. The SMILES string of the molecule is CCN(CCCBr)Cc1cc(C)nn1C. The molecule has 86 valence electrons. The van der Waals surface area contributed by atoms with Gasteiger partial charge in [-0.15, -0.1) is 0 Å². The van der Waals surface area contributed by atoms with Crippen LogP contribution >= 0.6 is 15.9 Å². The van der Waals surface area contributed by atoms with E-state index in [1.165, 1.54) is 12.1 Å². The second kappa shape index (κ2) is 6.28. The van der Waals surface area contributed by atoms with E-state index in [0.717, 1.165) is 30.7 Å². The van der Waals surface area contributed by atoms with Crippen LogP contribution in [0, 0.1) is 6.92 Å². The second-order valence-electron chi connectivity index (χ2n) is 3.81. The fourth-order valence-electron chi connectivity index (χ4n) is 1.67. The van der Waals surface area contributed by atoms with E-state index in [9.17, 15) is 0 Å². The summed E-state index contributed by atoms with van der Waals surface area (Å²) in [5, 5.41) is 5.44. The van der Waals surface area contributed by atoms with Crippen LogP contribution in [0.2, 0.25) is 0 Å². The van der Waals surface area contributed by atoms with Crippen LogP contribution in [-0.2, 0) is 13.6 Å². The lowest BCUT2D eigenvalue weighted by molar-refractivity contribution is 0.274. The van der Waals surface area contributed by atoms with Crippen LogP contribution in [0.25, 0.3) is 0 Å². The van der Waals surface area contributed by atoms with Crippen LogP contribution in [0.5, 0.6) is 0 Å². The number of nitrogens with zero attached hydrogens (tertiary/aromatic N) is 3. The monoisotopic (exact) mass is 273 g/mol. The number of hydrogen-bond acceptors (Lipinski definition) is 2. The van der Waals surface area contributed by atoms with E-state index in [0.29, 0.717) is 0 Å². The topological polar surface area (TPSA) is 21.1 Å². The van der Waals surface area contributed by atoms with Crippen LogP contribution in [0.15, 0.2) is 6.07 Å². The Morgan fingerprint density at radius 3 is 2.73 bits per heavy atom. The molecule has 0 spiro atoms. The summed E-state index contributed by atoms with van der Waals surface area (Å²) in [6.45, 7) is 7.49. The second-order valence-corrected chi connectivity index (χ2v) is 4.60. The van der Waals surface area contributed by atoms with Gasteiger partial charge in [0.1, 0.15) is 0 Å². The van der Waals surface area contributed by atoms with E-state index in [1.807, 2.05) is 18.7 Å². The Hall–Kier alpha value is -0.350. The first-order chi connectivity index (χ1) is 7.17. The third kappa shape index (κ3) is 3.95. The van der Waals surface area contributed by atoms with Crippen LogP contribution in [-0.4, -0.2) is 33.1 Å². The molecule has 3 nitrogen and oxygen atoms in total. The molecule has 0 atom stereocenters. The van der Waals surface area contributed by atoms with E-state index in [-0.39, 0.29) is 0 Å². The van der Waals surface area contributed by atoms with Gasteiger partial charge < -0.3 is 0 Å². The summed E-state index contributed by atoms with van der Waals surface area (Å²) >= 11 is 3.47. The van der Waals surface area contributed by atoms with E-state index in [4.69, 9.17) is 0 Å². The van der Waals surface area contributed by atoms with Crippen LogP contribution < -0.4 is 0 Å². The molecule has 1 aromatic heterocycles. The van der Waals surface area contributed by atoms with Crippen molar-refractivity contribution in [2.75, 3.05) is 18.4 Å². The Kier molecular flexibility index (Phi) is 5.32. The highest BCUT2D eigenvalue weighted by atomic mass is 79.9. The minimum atomic E-state index is 1.00. The summed E-state index contributed by atoms with van der Waals surface area (Å²) in [5.41, 5.74) is 2.40. The highest BCUT2D eigenvalue weighted by Crippen LogP contribution is 2.06. The normalized spacial score (nSPS) is 11.3. The Morgan fingerprint density at radius 2 is 2.27 bits per heavy atom. The average molecular weight is 274 g/mol. The van der Waals surface area contributed by atoms with Crippen molar-refractivity contribution in [1.82, 2.24) is 14.7 Å². The van der Waals surface area contributed by atoms with Gasteiger partial charge >= 0.3 is 0 Å². The number of aromatic nitrogens is 2. The smallest absolute Gasteiger partial charge is 0.0597 e. The summed E-state index contributed by atoms with van der Waals surface area (Å²) < 4.78 is 1.98. The van der Waals surface area contributed by atoms with Gasteiger partial charge in [-0.1, -0.05) is 22.9 Å². The Bertz CT molecular complexity index is 296. The van der Waals surface area contributed by atoms with Gasteiger partial charge in [0.15, 0.2) is 0 Å². The van der Waals surface area contributed by atoms with Gasteiger partial charge in [-0.25, -0.2) is 0 Å². The van der Waals surface area contributed by atoms with Gasteiger partial charge in [-0.05, 0) is 32.5 Å². The minimum absolute atomic E-state index is 1.00. The molecular weight excluding hydrogens is 254 g/mol. The maximum absolute atomic E-state index is 4.36. The predicted octanol–water partition coefficient (Wildman–Crippen LogP) is 2.34. The summed E-state index contributed by atoms with van der Waals surface area (Å²) in [6, 6.07) is 2.16. The first-order valence-electron chi connectivity index (χ1n) is 5.45. The quantitative estimate of drug-likeness (QED) is 0.742. The van der Waals surface area contributed by atoms with Crippen molar-refractivity contribution >= 4 is 15.9 Å².